The van der Waals surface area contributed by atoms with E-state index in [1.54, 1.807) is 0 Å². The monoisotopic (exact) mass is 719 g/mol. The van der Waals surface area contributed by atoms with Crippen molar-refractivity contribution in [3.63, 3.8) is 0 Å². The molecule has 0 bridgehead atoms. The van der Waals surface area contributed by atoms with Crippen molar-refractivity contribution in [1.29, 1.82) is 0 Å². The van der Waals surface area contributed by atoms with Gasteiger partial charge in [-0.1, -0.05) is 158 Å². The third kappa shape index (κ3) is 5.21. The molecule has 0 aliphatic heterocycles. The Morgan fingerprint density at radius 1 is 0.268 bits per heavy atom. The highest BCUT2D eigenvalue weighted by Crippen LogP contribution is 2.37. The van der Waals surface area contributed by atoms with Gasteiger partial charge in [-0.3, -0.25) is 9.13 Å². The molecule has 0 saturated carbocycles. The van der Waals surface area contributed by atoms with Crippen LogP contribution >= 0.6 is 0 Å². The van der Waals surface area contributed by atoms with E-state index < -0.39 is 0 Å². The lowest BCUT2D eigenvalue weighted by Crippen LogP contribution is -2.07. The predicted octanol–water partition coefficient (Wildman–Crippen LogP) is 10.3. The Kier molecular flexibility index (Phi) is 7.27. The number of para-hydroxylation sites is 2. The van der Waals surface area contributed by atoms with E-state index in [-0.39, 0.29) is 0 Å². The van der Waals surface area contributed by atoms with Gasteiger partial charge < -0.3 is 0 Å². The van der Waals surface area contributed by atoms with E-state index in [0.717, 1.165) is 66.1 Å². The molecule has 11 rings (SSSR count). The van der Waals surface area contributed by atoms with Crippen molar-refractivity contribution in [2.24, 2.45) is 0 Å². The number of aromatic nitrogens is 9. The average Bonchev–Trinajstić information content (AvgIpc) is 3.78. The van der Waals surface area contributed by atoms with Crippen molar-refractivity contribution >= 4 is 43.9 Å². The molecule has 0 spiro atoms. The molecule has 0 unspecified atom stereocenters. The second kappa shape index (κ2) is 12.9. The average molecular weight is 720 g/mol. The van der Waals surface area contributed by atoms with Gasteiger partial charge in [-0.25, -0.2) is 15.0 Å². The van der Waals surface area contributed by atoms with Crippen molar-refractivity contribution in [2.45, 2.75) is 0 Å². The maximum Gasteiger partial charge on any atom is 0.238 e. The van der Waals surface area contributed by atoms with Crippen LogP contribution in [0.2, 0.25) is 0 Å². The highest BCUT2D eigenvalue weighted by Gasteiger charge is 2.23. The fourth-order valence-corrected chi connectivity index (χ4v) is 7.45. The Morgan fingerprint density at radius 2 is 0.571 bits per heavy atom. The minimum absolute atomic E-state index is 0.491. The van der Waals surface area contributed by atoms with E-state index in [9.17, 15) is 0 Å². The Morgan fingerprint density at radius 3 is 0.911 bits per heavy atom. The molecule has 0 radical (unpaired) electrons. The van der Waals surface area contributed by atoms with Crippen LogP contribution in [-0.4, -0.2) is 44.0 Å². The van der Waals surface area contributed by atoms with E-state index in [4.69, 9.17) is 34.9 Å². The zero-order valence-electron chi connectivity index (χ0n) is 29.8. The Bertz CT molecular complexity index is 2900. The molecule has 9 heteroatoms. The van der Waals surface area contributed by atoms with Crippen molar-refractivity contribution in [3.05, 3.63) is 176 Å². The first-order valence-electron chi connectivity index (χ1n) is 18.3. The van der Waals surface area contributed by atoms with Crippen LogP contribution in [0.1, 0.15) is 0 Å². The molecular formula is C47H29N9. The zero-order chi connectivity index (χ0) is 37.0. The molecule has 56 heavy (non-hydrogen) atoms. The predicted molar refractivity (Wildman–Crippen MR) is 221 cm³/mol. The normalized spacial score (nSPS) is 11.6. The van der Waals surface area contributed by atoms with Crippen LogP contribution in [0, 0.1) is 0 Å². The van der Waals surface area contributed by atoms with Crippen LogP contribution in [0.3, 0.4) is 0 Å². The van der Waals surface area contributed by atoms with Crippen molar-refractivity contribution in [1.82, 2.24) is 44.0 Å². The van der Waals surface area contributed by atoms with Gasteiger partial charge in [0.1, 0.15) is 0 Å². The van der Waals surface area contributed by atoms with Gasteiger partial charge in [-0.15, -0.1) is 0 Å². The Labute approximate surface area is 320 Å². The van der Waals surface area contributed by atoms with Gasteiger partial charge in [0.05, 0.1) is 33.1 Å². The molecule has 0 N–H and O–H groups in total. The van der Waals surface area contributed by atoms with Crippen molar-refractivity contribution < 1.29 is 0 Å². The topological polar surface area (TPSA) is 100 Å². The summed E-state index contributed by atoms with van der Waals surface area (Å²) in [6.45, 7) is 0. The van der Waals surface area contributed by atoms with Crippen LogP contribution < -0.4 is 0 Å². The summed E-state index contributed by atoms with van der Waals surface area (Å²) in [5, 5.41) is 1.98. The second-order valence-electron chi connectivity index (χ2n) is 13.5. The molecule has 5 aromatic heterocycles. The third-order valence-corrected chi connectivity index (χ3v) is 10.0. The molecule has 0 saturated heterocycles. The van der Waals surface area contributed by atoms with Crippen LogP contribution in [0.4, 0.5) is 0 Å². The molecule has 0 atom stereocenters. The van der Waals surface area contributed by atoms with Gasteiger partial charge in [0.15, 0.2) is 23.3 Å². The van der Waals surface area contributed by atoms with E-state index >= 15 is 0 Å². The number of nitrogens with zero attached hydrogens (tertiary/aromatic N) is 9. The highest BCUT2D eigenvalue weighted by atomic mass is 15.2. The standard InChI is InChI=1S/C47H29N9/c1-5-17-30(18-6-1)42-49-43(31-19-7-2-8-20-31)52-46(51-42)55-36-27-15-13-25-34(36)40-38(55)29-39-41(48-40)35-26-14-16-28-37(35)56(39)47-53-44(32-21-9-3-10-22-32)50-45(54-47)33-23-11-4-12-24-33/h1-29H. The van der Waals surface area contributed by atoms with E-state index in [2.05, 4.69) is 39.5 Å². The maximum atomic E-state index is 5.46. The van der Waals surface area contributed by atoms with E-state index in [1.165, 1.54) is 0 Å². The second-order valence-corrected chi connectivity index (χ2v) is 13.5. The summed E-state index contributed by atoms with van der Waals surface area (Å²) < 4.78 is 4.19. The van der Waals surface area contributed by atoms with Gasteiger partial charge in [-0.2, -0.15) is 19.9 Å². The number of pyridine rings is 1. The van der Waals surface area contributed by atoms with Gasteiger partial charge in [-0.05, 0) is 18.2 Å². The van der Waals surface area contributed by atoms with Crippen LogP contribution in [0.15, 0.2) is 176 Å². The summed E-state index contributed by atoms with van der Waals surface area (Å²) >= 11 is 0. The van der Waals surface area contributed by atoms with Gasteiger partial charge in [0.25, 0.3) is 0 Å². The summed E-state index contributed by atoms with van der Waals surface area (Å²) in [4.78, 5) is 36.0. The molecule has 11 aromatic rings. The Hall–Kier alpha value is -7.91. The van der Waals surface area contributed by atoms with E-state index in [1.807, 2.05) is 146 Å². The Balaban J connectivity index is 1.23. The van der Waals surface area contributed by atoms with Crippen LogP contribution in [0.5, 0.6) is 0 Å². The minimum atomic E-state index is 0.491. The largest absolute Gasteiger partial charge is 0.276 e. The quantitative estimate of drug-likeness (QED) is 0.169. The smallest absolute Gasteiger partial charge is 0.238 e. The summed E-state index contributed by atoms with van der Waals surface area (Å²) in [5.41, 5.74) is 8.80. The van der Waals surface area contributed by atoms with Gasteiger partial charge in [0, 0.05) is 33.0 Å². The minimum Gasteiger partial charge on any atom is -0.276 e. The molecule has 6 aromatic carbocycles. The van der Waals surface area contributed by atoms with Gasteiger partial charge >= 0.3 is 0 Å². The highest BCUT2D eigenvalue weighted by molar-refractivity contribution is 6.15. The third-order valence-electron chi connectivity index (χ3n) is 10.0. The molecule has 5 heterocycles. The molecule has 0 fully saturated rings. The SMILES string of the molecule is c1ccc(-c2nc(-c3ccccc3)nc(-n3c4ccccc4c4nc5c6ccccc6n(-c6nc(-c7ccccc7)nc(-c7ccccc7)n6)c5cc43)n2)cc1. The number of hydrogen-bond donors (Lipinski definition) is 0. The van der Waals surface area contributed by atoms with Crippen LogP contribution in [-0.2, 0) is 0 Å². The fraction of sp³-hybridized carbons (Fsp3) is 0. The summed E-state index contributed by atoms with van der Waals surface area (Å²) in [6.07, 6.45) is 0. The van der Waals surface area contributed by atoms with Crippen LogP contribution in [0.25, 0.3) is 101 Å². The molecular weight excluding hydrogens is 691 g/mol. The number of benzene rings is 6. The first-order chi connectivity index (χ1) is 27.8. The summed E-state index contributed by atoms with van der Waals surface area (Å²) in [6, 6.07) is 58.8. The lowest BCUT2D eigenvalue weighted by Gasteiger charge is -2.12. The molecule has 262 valence electrons. The molecule has 0 aliphatic carbocycles. The molecule has 0 amide bonds. The summed E-state index contributed by atoms with van der Waals surface area (Å²) in [5.74, 6) is 3.30. The first-order valence-corrected chi connectivity index (χ1v) is 18.3. The molecule has 9 nitrogen and oxygen atoms in total. The summed E-state index contributed by atoms with van der Waals surface area (Å²) in [7, 11) is 0. The first kappa shape index (κ1) is 31.6. The lowest BCUT2D eigenvalue weighted by atomic mass is 10.2. The number of fused-ring (bicyclic) bond motifs is 6. The van der Waals surface area contributed by atoms with Crippen molar-refractivity contribution in [2.75, 3.05) is 0 Å². The molecule has 0 aliphatic rings. The van der Waals surface area contributed by atoms with Gasteiger partial charge in [0.2, 0.25) is 11.9 Å². The van der Waals surface area contributed by atoms with Crippen molar-refractivity contribution in [3.8, 4) is 57.4 Å². The maximum absolute atomic E-state index is 5.46. The fourth-order valence-electron chi connectivity index (χ4n) is 7.45. The number of hydrogen-bond acceptors (Lipinski definition) is 7. The number of rotatable bonds is 6. The zero-order valence-corrected chi connectivity index (χ0v) is 29.8. The van der Waals surface area contributed by atoms with E-state index in [0.29, 0.717) is 35.2 Å². The lowest BCUT2D eigenvalue weighted by molar-refractivity contribution is 0.948.